The quantitative estimate of drug-likeness (QED) is 0.373. The predicted molar refractivity (Wildman–Crippen MR) is 123 cm³/mol. The number of aromatic nitrogens is 2. The molecule has 2 aromatic carbocycles. The molecule has 32 heavy (non-hydrogen) atoms. The van der Waals surface area contributed by atoms with Crippen molar-refractivity contribution in [3.8, 4) is 17.2 Å². The second kappa shape index (κ2) is 8.54. The van der Waals surface area contributed by atoms with E-state index in [4.69, 9.17) is 35.8 Å². The normalized spacial score (nSPS) is 11.0. The summed E-state index contributed by atoms with van der Waals surface area (Å²) in [5, 5.41) is 0.885. The van der Waals surface area contributed by atoms with Crippen molar-refractivity contribution in [1.82, 2.24) is 9.97 Å². The number of furan rings is 1. The summed E-state index contributed by atoms with van der Waals surface area (Å²) in [5.41, 5.74) is 21.6. The Kier molecular flexibility index (Phi) is 5.63. The van der Waals surface area contributed by atoms with Crippen LogP contribution in [0.2, 0.25) is 0 Å². The molecule has 0 atom stereocenters. The number of fused-ring (bicyclic) bond motifs is 1. The molecule has 9 nitrogen and oxygen atoms in total. The highest BCUT2D eigenvalue weighted by Gasteiger charge is 2.20. The highest BCUT2D eigenvalue weighted by atomic mass is 16.5. The van der Waals surface area contributed by atoms with Gasteiger partial charge >= 0.3 is 0 Å². The molecule has 0 fully saturated rings. The van der Waals surface area contributed by atoms with Crippen LogP contribution in [0.4, 0.5) is 17.5 Å². The van der Waals surface area contributed by atoms with Gasteiger partial charge in [-0.25, -0.2) is 4.98 Å². The van der Waals surface area contributed by atoms with E-state index in [2.05, 4.69) is 9.97 Å². The maximum atomic E-state index is 6.20. The van der Waals surface area contributed by atoms with Crippen molar-refractivity contribution in [2.45, 2.75) is 12.8 Å². The number of nitrogens with two attached hydrogens (primary N) is 3. The average molecular weight is 435 g/mol. The van der Waals surface area contributed by atoms with Gasteiger partial charge in [0.05, 0.1) is 27.0 Å². The second-order valence-electron chi connectivity index (χ2n) is 7.30. The average Bonchev–Trinajstić information content (AvgIpc) is 3.19. The van der Waals surface area contributed by atoms with Gasteiger partial charge in [-0.3, -0.25) is 0 Å². The highest BCUT2D eigenvalue weighted by Crippen LogP contribution is 2.41. The lowest BCUT2D eigenvalue weighted by Crippen LogP contribution is -2.04. The summed E-state index contributed by atoms with van der Waals surface area (Å²) in [6.45, 7) is 0. The van der Waals surface area contributed by atoms with Crippen LogP contribution in [0.3, 0.4) is 0 Å². The SMILES string of the molecule is COc1ccc(Cc2cc3c(Cc4cnc(N)nc4N)cc(OC)c(OC)c3o2)cc1N. The molecule has 0 aliphatic rings. The molecule has 166 valence electrons. The second-order valence-corrected chi connectivity index (χ2v) is 7.30. The number of hydrogen-bond acceptors (Lipinski definition) is 9. The molecule has 0 saturated heterocycles. The number of hydrogen-bond donors (Lipinski definition) is 3. The maximum absolute atomic E-state index is 6.20. The Bertz CT molecular complexity index is 1290. The third-order valence-electron chi connectivity index (χ3n) is 5.26. The molecule has 0 unspecified atom stereocenters. The molecule has 0 radical (unpaired) electrons. The zero-order valence-electron chi connectivity index (χ0n) is 18.1. The van der Waals surface area contributed by atoms with Crippen molar-refractivity contribution in [2.75, 3.05) is 38.5 Å². The van der Waals surface area contributed by atoms with Gasteiger partial charge < -0.3 is 35.8 Å². The molecular weight excluding hydrogens is 410 g/mol. The molecule has 9 heteroatoms. The molecule has 0 amide bonds. The van der Waals surface area contributed by atoms with Crippen LogP contribution in [0.25, 0.3) is 11.0 Å². The molecule has 0 saturated carbocycles. The van der Waals surface area contributed by atoms with Gasteiger partial charge in [-0.15, -0.1) is 0 Å². The Balaban J connectivity index is 1.78. The van der Waals surface area contributed by atoms with Gasteiger partial charge in [0.1, 0.15) is 17.3 Å². The maximum Gasteiger partial charge on any atom is 0.221 e. The Morgan fingerprint density at radius 2 is 1.66 bits per heavy atom. The van der Waals surface area contributed by atoms with Crippen LogP contribution in [0, 0.1) is 0 Å². The van der Waals surface area contributed by atoms with Crippen molar-refractivity contribution in [2.24, 2.45) is 0 Å². The Morgan fingerprint density at radius 3 is 2.31 bits per heavy atom. The first-order chi connectivity index (χ1) is 15.4. The molecule has 6 N–H and O–H groups in total. The third-order valence-corrected chi connectivity index (χ3v) is 5.26. The number of methoxy groups -OCH3 is 3. The fourth-order valence-electron chi connectivity index (χ4n) is 3.71. The summed E-state index contributed by atoms with van der Waals surface area (Å²) in [6.07, 6.45) is 2.64. The summed E-state index contributed by atoms with van der Waals surface area (Å²) in [5.74, 6) is 2.92. The number of ether oxygens (including phenoxy) is 3. The molecule has 0 bridgehead atoms. The van der Waals surface area contributed by atoms with Crippen LogP contribution in [0.1, 0.15) is 22.5 Å². The van der Waals surface area contributed by atoms with E-state index >= 15 is 0 Å². The standard InChI is InChI=1S/C23H25N5O4/c1-29-18-5-4-12(7-17(18)24)6-15-10-16-13(8-14-11-27-23(26)28-22(14)25)9-19(30-2)21(31-3)20(16)32-15/h4-5,7,9-11H,6,8,24H2,1-3H3,(H4,25,26,27,28). The minimum Gasteiger partial charge on any atom is -0.495 e. The van der Waals surface area contributed by atoms with Crippen LogP contribution in [0.5, 0.6) is 17.2 Å². The zero-order chi connectivity index (χ0) is 22.8. The van der Waals surface area contributed by atoms with Crippen molar-refractivity contribution >= 4 is 28.4 Å². The molecule has 0 aliphatic heterocycles. The summed E-state index contributed by atoms with van der Waals surface area (Å²) in [7, 11) is 4.75. The van der Waals surface area contributed by atoms with Gasteiger partial charge in [0.15, 0.2) is 11.3 Å². The fraction of sp³-hybridized carbons (Fsp3) is 0.217. The van der Waals surface area contributed by atoms with Crippen molar-refractivity contribution < 1.29 is 18.6 Å². The van der Waals surface area contributed by atoms with Gasteiger partial charge in [-0.2, -0.15) is 4.98 Å². The monoisotopic (exact) mass is 435 g/mol. The first kappa shape index (κ1) is 21.1. The van der Waals surface area contributed by atoms with Crippen LogP contribution >= 0.6 is 0 Å². The number of nitrogens with zero attached hydrogens (tertiary/aromatic N) is 2. The molecule has 2 heterocycles. The van der Waals surface area contributed by atoms with E-state index in [0.29, 0.717) is 47.2 Å². The summed E-state index contributed by atoms with van der Waals surface area (Å²) >= 11 is 0. The van der Waals surface area contributed by atoms with Gasteiger partial charge in [-0.1, -0.05) is 6.07 Å². The molecule has 0 aliphatic carbocycles. The molecule has 0 spiro atoms. The molecule has 4 rings (SSSR count). The number of anilines is 3. The third kappa shape index (κ3) is 3.92. The van der Waals surface area contributed by atoms with E-state index in [-0.39, 0.29) is 5.95 Å². The smallest absolute Gasteiger partial charge is 0.221 e. The Hall–Kier alpha value is -4.14. The molecule has 2 aromatic heterocycles. The highest BCUT2D eigenvalue weighted by molar-refractivity contribution is 5.90. The van der Waals surface area contributed by atoms with Crippen LogP contribution in [0.15, 0.2) is 40.9 Å². The van der Waals surface area contributed by atoms with E-state index < -0.39 is 0 Å². The fourth-order valence-corrected chi connectivity index (χ4v) is 3.71. The van der Waals surface area contributed by atoms with E-state index in [1.807, 2.05) is 30.3 Å². The first-order valence-electron chi connectivity index (χ1n) is 9.89. The van der Waals surface area contributed by atoms with Crippen LogP contribution < -0.4 is 31.4 Å². The van der Waals surface area contributed by atoms with Crippen molar-refractivity contribution in [3.05, 3.63) is 59.0 Å². The van der Waals surface area contributed by atoms with Crippen LogP contribution in [-0.4, -0.2) is 31.3 Å². The van der Waals surface area contributed by atoms with Crippen molar-refractivity contribution in [1.29, 1.82) is 0 Å². The van der Waals surface area contributed by atoms with Gasteiger partial charge in [0, 0.05) is 30.0 Å². The van der Waals surface area contributed by atoms with E-state index in [1.165, 1.54) is 0 Å². The Labute approximate surface area is 185 Å². The molecular formula is C23H25N5O4. The van der Waals surface area contributed by atoms with Gasteiger partial charge in [0.25, 0.3) is 0 Å². The largest absolute Gasteiger partial charge is 0.495 e. The Morgan fingerprint density at radius 1 is 0.875 bits per heavy atom. The topological polar surface area (TPSA) is 145 Å². The lowest BCUT2D eigenvalue weighted by atomic mass is 10.0. The van der Waals surface area contributed by atoms with E-state index in [0.717, 1.165) is 27.8 Å². The van der Waals surface area contributed by atoms with Crippen LogP contribution in [-0.2, 0) is 12.8 Å². The lowest BCUT2D eigenvalue weighted by Gasteiger charge is -2.12. The first-order valence-corrected chi connectivity index (χ1v) is 9.89. The summed E-state index contributed by atoms with van der Waals surface area (Å²) in [4.78, 5) is 8.11. The summed E-state index contributed by atoms with van der Waals surface area (Å²) in [6, 6.07) is 9.56. The molecule has 4 aromatic rings. The lowest BCUT2D eigenvalue weighted by molar-refractivity contribution is 0.352. The van der Waals surface area contributed by atoms with E-state index in [1.54, 1.807) is 27.5 Å². The number of nitrogen functional groups attached to an aromatic ring is 3. The minimum atomic E-state index is 0.132. The summed E-state index contributed by atoms with van der Waals surface area (Å²) < 4.78 is 22.6. The zero-order valence-corrected chi connectivity index (χ0v) is 18.1. The van der Waals surface area contributed by atoms with Crippen molar-refractivity contribution in [3.63, 3.8) is 0 Å². The number of rotatable bonds is 7. The number of benzene rings is 2. The minimum absolute atomic E-state index is 0.132. The van der Waals surface area contributed by atoms with Gasteiger partial charge in [-0.05, 0) is 35.4 Å². The van der Waals surface area contributed by atoms with E-state index in [9.17, 15) is 0 Å². The van der Waals surface area contributed by atoms with Gasteiger partial charge in [0.2, 0.25) is 11.7 Å². The predicted octanol–water partition coefficient (Wildman–Crippen LogP) is 3.18.